The van der Waals surface area contributed by atoms with Crippen molar-refractivity contribution in [3.8, 4) is 17.2 Å². The smallest absolute Gasteiger partial charge is 0.316 e. The summed E-state index contributed by atoms with van der Waals surface area (Å²) >= 11 is 0. The van der Waals surface area contributed by atoms with E-state index in [2.05, 4.69) is 0 Å². The summed E-state index contributed by atoms with van der Waals surface area (Å²) in [7, 11) is 4.87. The number of carbonyl (C=O) groups excluding carboxylic acids is 3. The maximum atomic E-state index is 14.0. The first kappa shape index (κ1) is 43.3. The minimum Gasteiger partial charge on any atom is -0.507 e. The van der Waals surface area contributed by atoms with Gasteiger partial charge in [-0.15, -0.1) is 0 Å². The number of benzene rings is 2. The van der Waals surface area contributed by atoms with Gasteiger partial charge in [-0.3, -0.25) is 14.4 Å². The number of ether oxygens (including phenoxy) is 7. The second kappa shape index (κ2) is 16.6. The molecule has 59 heavy (non-hydrogen) atoms. The number of fused-ring (bicyclic) bond motifs is 3. The van der Waals surface area contributed by atoms with E-state index in [0.717, 1.165) is 19.2 Å². The van der Waals surface area contributed by atoms with E-state index in [1.807, 2.05) is 19.0 Å². The first-order chi connectivity index (χ1) is 27.9. The maximum Gasteiger partial charge on any atom is 0.316 e. The summed E-state index contributed by atoms with van der Waals surface area (Å²) < 4.78 is 42.7. The van der Waals surface area contributed by atoms with E-state index in [-0.39, 0.29) is 48.4 Å². The first-order valence-corrected chi connectivity index (χ1v) is 20.2. The first-order valence-electron chi connectivity index (χ1n) is 20.2. The van der Waals surface area contributed by atoms with Crippen molar-refractivity contribution >= 4 is 17.5 Å². The lowest BCUT2D eigenvalue weighted by Gasteiger charge is -2.48. The van der Waals surface area contributed by atoms with E-state index in [1.165, 1.54) is 6.07 Å². The number of hydrogen-bond donors (Lipinski definition) is 6. The van der Waals surface area contributed by atoms with E-state index in [4.69, 9.17) is 33.2 Å². The summed E-state index contributed by atoms with van der Waals surface area (Å²) in [6, 6.07) is 3.03. The van der Waals surface area contributed by atoms with E-state index in [1.54, 1.807) is 27.7 Å². The van der Waals surface area contributed by atoms with Crippen LogP contribution in [0.15, 0.2) is 18.2 Å². The number of aliphatic hydroxyl groups is 3. The minimum absolute atomic E-state index is 0.00117. The number of methoxy groups -OCH3 is 1. The Morgan fingerprint density at radius 1 is 0.814 bits per heavy atom. The summed E-state index contributed by atoms with van der Waals surface area (Å²) in [5.74, 6) is -5.87. The van der Waals surface area contributed by atoms with Crippen LogP contribution in [0.4, 0.5) is 0 Å². The van der Waals surface area contributed by atoms with Crippen molar-refractivity contribution in [1.82, 2.24) is 4.90 Å². The molecule has 324 valence electrons. The Labute approximate surface area is 341 Å². The molecule has 0 unspecified atom stereocenters. The molecule has 2 aliphatic carbocycles. The number of likely N-dealkylation sites (N-methyl/N-ethyl adjacent to an activating group) is 1. The van der Waals surface area contributed by atoms with Crippen LogP contribution in [0.1, 0.15) is 121 Å². The van der Waals surface area contributed by atoms with Crippen molar-refractivity contribution in [2.45, 2.75) is 151 Å². The summed E-state index contributed by atoms with van der Waals surface area (Å²) in [5.41, 5.74) is -3.56. The minimum atomic E-state index is -1.81. The van der Waals surface area contributed by atoms with Gasteiger partial charge in [0.1, 0.15) is 35.4 Å². The molecule has 0 amide bonds. The van der Waals surface area contributed by atoms with Crippen molar-refractivity contribution in [2.24, 2.45) is 0 Å². The average Bonchev–Trinajstić information content (AvgIpc) is 3.17. The van der Waals surface area contributed by atoms with E-state index >= 15 is 0 Å². The third kappa shape index (κ3) is 7.75. The number of nitrogens with zero attached hydrogens (tertiary/aromatic N) is 1. The molecule has 6 N–H and O–H groups in total. The zero-order valence-electron chi connectivity index (χ0n) is 34.2. The van der Waals surface area contributed by atoms with Crippen LogP contribution >= 0.6 is 0 Å². The van der Waals surface area contributed by atoms with Crippen LogP contribution in [0.25, 0.3) is 0 Å². The SMILES string of the molecule is CC[C@]1(O)C[C@@H](O[C@H]2C[C@@H](N(C)C)[C@@H](O[C@H]3C[C@@H](O)[C@@H](O[C@@H]4CC[C@@H](O)[C@@H](C)O4)[C@@H](C)O3)[C@@H](C)O2)c2c(cc3c(c2O)C(=O)c2c(O)ccc(O)c2C3=O)[C@@H]1C(=O)OC. The van der Waals surface area contributed by atoms with Crippen molar-refractivity contribution in [2.75, 3.05) is 21.2 Å². The second-order valence-electron chi connectivity index (χ2n) is 16.6. The van der Waals surface area contributed by atoms with Crippen LogP contribution in [0.2, 0.25) is 0 Å². The van der Waals surface area contributed by atoms with Gasteiger partial charge in [-0.05, 0) is 71.5 Å². The lowest BCUT2D eigenvalue weighted by atomic mass is 9.67. The number of esters is 1. The van der Waals surface area contributed by atoms with Gasteiger partial charge in [-0.25, -0.2) is 0 Å². The lowest BCUT2D eigenvalue weighted by Crippen LogP contribution is -2.58. The van der Waals surface area contributed by atoms with E-state index < -0.39 is 131 Å². The molecule has 0 bridgehead atoms. The Balaban J connectivity index is 1.14. The molecule has 3 aliphatic heterocycles. The number of aliphatic hydroxyl groups excluding tert-OH is 2. The molecule has 17 nitrogen and oxygen atoms in total. The Kier molecular flexibility index (Phi) is 12.2. The number of phenols is 3. The van der Waals surface area contributed by atoms with Gasteiger partial charge in [0, 0.05) is 42.9 Å². The topological polar surface area (TPSA) is 240 Å². The van der Waals surface area contributed by atoms with Gasteiger partial charge in [-0.2, -0.15) is 0 Å². The Morgan fingerprint density at radius 2 is 1.41 bits per heavy atom. The zero-order valence-corrected chi connectivity index (χ0v) is 34.2. The van der Waals surface area contributed by atoms with Gasteiger partial charge >= 0.3 is 5.97 Å². The van der Waals surface area contributed by atoms with Gasteiger partial charge in [0.25, 0.3) is 0 Å². The van der Waals surface area contributed by atoms with Gasteiger partial charge in [-0.1, -0.05) is 6.92 Å². The molecule has 7 rings (SSSR count). The number of ketones is 2. The van der Waals surface area contributed by atoms with E-state index in [9.17, 15) is 45.0 Å². The number of phenolic OH excluding ortho intramolecular Hbond substituents is 3. The molecule has 0 saturated carbocycles. The highest BCUT2D eigenvalue weighted by molar-refractivity contribution is 6.31. The molecule has 3 fully saturated rings. The fraction of sp³-hybridized carbons (Fsp3) is 0.643. The summed E-state index contributed by atoms with van der Waals surface area (Å²) in [4.78, 5) is 43.2. The summed E-state index contributed by atoms with van der Waals surface area (Å²) in [6.45, 7) is 7.01. The molecule has 0 radical (unpaired) electrons. The molecular formula is C42H55NO16. The molecule has 0 spiro atoms. The second-order valence-corrected chi connectivity index (χ2v) is 16.6. The number of hydrogen-bond acceptors (Lipinski definition) is 17. The number of aromatic hydroxyl groups is 3. The predicted octanol–water partition coefficient (Wildman–Crippen LogP) is 2.66. The standard InChI is InChI=1S/C42H55NO16/c1-8-42(52)16-27(31-20(35(42)41(51)53-7)13-21-32(37(31)49)38(50)34-25(46)10-9-24(45)33(34)36(21)48)57-29-14-22(43(5)6)39(18(3)55-29)59-30-15-26(47)40(19(4)56-30)58-28-12-11-23(44)17(2)54-28/h9-10,13,17-19,22-23,26-30,35,39-40,44-47,49,52H,8,11-12,14-16H2,1-7H3/t17-,18-,19-,22-,23-,26-,27-,28-,29+,30+,35-,39+,40+,42+/m1/s1. The van der Waals surface area contributed by atoms with Crippen LogP contribution in [0.3, 0.4) is 0 Å². The quantitative estimate of drug-likeness (QED) is 0.134. The fourth-order valence-corrected chi connectivity index (χ4v) is 9.44. The molecule has 2 aromatic rings. The molecule has 17 heteroatoms. The number of carbonyl (C=O) groups is 3. The fourth-order valence-electron chi connectivity index (χ4n) is 9.44. The Bertz CT molecular complexity index is 1940. The highest BCUT2D eigenvalue weighted by atomic mass is 16.7. The highest BCUT2D eigenvalue weighted by Crippen LogP contribution is 2.54. The largest absolute Gasteiger partial charge is 0.507 e. The van der Waals surface area contributed by atoms with Crippen LogP contribution in [0, 0.1) is 0 Å². The van der Waals surface area contributed by atoms with Crippen molar-refractivity contribution in [1.29, 1.82) is 0 Å². The van der Waals surface area contributed by atoms with Crippen molar-refractivity contribution in [3.63, 3.8) is 0 Å². The highest BCUT2D eigenvalue weighted by Gasteiger charge is 2.54. The van der Waals surface area contributed by atoms with E-state index in [0.29, 0.717) is 12.8 Å². The summed E-state index contributed by atoms with van der Waals surface area (Å²) in [5, 5.41) is 66.5. The van der Waals surface area contributed by atoms with Crippen molar-refractivity contribution in [3.05, 3.63) is 51.6 Å². The number of rotatable bonds is 9. The molecule has 3 heterocycles. The molecule has 5 aliphatic rings. The third-order valence-electron chi connectivity index (χ3n) is 12.7. The monoisotopic (exact) mass is 829 g/mol. The molecule has 14 atom stereocenters. The van der Waals surface area contributed by atoms with Gasteiger partial charge in [0.2, 0.25) is 5.78 Å². The van der Waals surface area contributed by atoms with Gasteiger partial charge < -0.3 is 68.7 Å². The Hall–Kier alpha value is -3.75. The maximum absolute atomic E-state index is 14.0. The third-order valence-corrected chi connectivity index (χ3v) is 12.7. The lowest BCUT2D eigenvalue weighted by molar-refractivity contribution is -0.328. The molecule has 0 aromatic heterocycles. The zero-order chi connectivity index (χ0) is 42.8. The van der Waals surface area contributed by atoms with Crippen molar-refractivity contribution < 1.29 is 78.2 Å². The normalized spacial score (nSPS) is 37.1. The van der Waals surface area contributed by atoms with Crippen LogP contribution in [0.5, 0.6) is 17.2 Å². The van der Waals surface area contributed by atoms with Crippen LogP contribution < -0.4 is 0 Å². The Morgan fingerprint density at radius 3 is 2.00 bits per heavy atom. The molecule has 2 aromatic carbocycles. The van der Waals surface area contributed by atoms with Crippen LogP contribution in [-0.4, -0.2) is 148 Å². The molecular weight excluding hydrogens is 774 g/mol. The average molecular weight is 830 g/mol. The van der Waals surface area contributed by atoms with Gasteiger partial charge in [0.05, 0.1) is 66.0 Å². The molecule has 3 saturated heterocycles. The predicted molar refractivity (Wildman–Crippen MR) is 204 cm³/mol. The summed E-state index contributed by atoms with van der Waals surface area (Å²) in [6.07, 6.45) is -6.87. The van der Waals surface area contributed by atoms with Gasteiger partial charge in [0.15, 0.2) is 24.7 Å². The van der Waals surface area contributed by atoms with Crippen LogP contribution in [-0.2, 0) is 38.0 Å².